The third-order valence-corrected chi connectivity index (χ3v) is 14.1. The molecule has 1 atom stereocenters. The monoisotopic (exact) mass is 978 g/mol. The van der Waals surface area contributed by atoms with E-state index in [0.717, 1.165) is 57.0 Å². The zero-order valence-electron chi connectivity index (χ0n) is 31.0. The lowest BCUT2D eigenvalue weighted by Gasteiger charge is -2.51. The fraction of sp³-hybridized carbons (Fsp3) is 0.730. The summed E-state index contributed by atoms with van der Waals surface area (Å²) in [7, 11) is 0. The first-order valence-corrected chi connectivity index (χ1v) is 19.4. The molecule has 1 aromatic rings. The average Bonchev–Trinajstić information content (AvgIpc) is 3.41. The van der Waals surface area contributed by atoms with Gasteiger partial charge in [-0.15, -0.1) is 0 Å². The first-order chi connectivity index (χ1) is 23.5. The van der Waals surface area contributed by atoms with Crippen molar-refractivity contribution >= 4 is 12.1 Å². The number of quaternary nitrogens is 4. The molecule has 7 heterocycles. The second kappa shape index (κ2) is 18.7. The van der Waals surface area contributed by atoms with Gasteiger partial charge in [-0.25, -0.2) is 9.89 Å². The standard InChI is InChI=1S/C37H61N10O.4BrH/c48-33-34-32-40-37(35-6-2-1-3-7-35,43-14-26-47(27-15-43)19-5-17-45(29-31-47)22-10-39-11-23-45)41-36(34)42-12-24-46(25-13-42)18-4-16-44(28-30-46)20-8-38-9-21-44;;;;/h1-3,6-7,32-33,38-39H,4-5,8-31H2;4*1H/q+3;;;;/p-3. The van der Waals surface area contributed by atoms with Crippen LogP contribution in [0.4, 0.5) is 0 Å². The summed E-state index contributed by atoms with van der Waals surface area (Å²) in [5.41, 5.74) is 1.85. The summed E-state index contributed by atoms with van der Waals surface area (Å²) in [6, 6.07) is 10.8. The fourth-order valence-electron chi connectivity index (χ4n) is 10.6. The van der Waals surface area contributed by atoms with E-state index in [-0.39, 0.29) is 67.9 Å². The number of nitrogens with zero attached hydrogens (tertiary/aromatic N) is 7. The van der Waals surface area contributed by atoms with Crippen LogP contribution in [0.15, 0.2) is 47.1 Å². The number of aliphatic imine (C=N–C) groups is 1. The average molecular weight is 983 g/mol. The van der Waals surface area contributed by atoms with Crippen molar-refractivity contribution in [3.05, 3.63) is 47.7 Å². The molecular formula is C37H62Br4N10O. The van der Waals surface area contributed by atoms with Crippen molar-refractivity contribution < 1.29 is 90.7 Å². The molecule has 6 fully saturated rings. The number of aldehydes is 1. The van der Waals surface area contributed by atoms with Crippen molar-refractivity contribution in [2.75, 3.05) is 157 Å². The zero-order valence-corrected chi connectivity index (χ0v) is 37.3. The molecule has 15 heteroatoms. The van der Waals surface area contributed by atoms with Crippen LogP contribution in [0.5, 0.6) is 0 Å². The van der Waals surface area contributed by atoms with Crippen LogP contribution in [0, 0.1) is 0 Å². The molecule has 294 valence electrons. The van der Waals surface area contributed by atoms with E-state index >= 15 is 0 Å². The smallest absolute Gasteiger partial charge is 0.216 e. The molecule has 6 saturated heterocycles. The number of nitrogens with one attached hydrogen (secondary N) is 3. The van der Waals surface area contributed by atoms with E-state index in [1.54, 1.807) is 0 Å². The Hall–Kier alpha value is -0.460. The largest absolute Gasteiger partial charge is 1.00 e. The Kier molecular flexibility index (Phi) is 15.9. The quantitative estimate of drug-likeness (QED) is 0.207. The van der Waals surface area contributed by atoms with Crippen molar-refractivity contribution in [2.45, 2.75) is 18.6 Å². The second-order valence-electron chi connectivity index (χ2n) is 16.5. The van der Waals surface area contributed by atoms with Gasteiger partial charge in [-0.3, -0.25) is 4.79 Å². The van der Waals surface area contributed by atoms with Gasteiger partial charge in [0.25, 0.3) is 0 Å². The molecule has 8 rings (SSSR count). The molecule has 0 aliphatic carbocycles. The van der Waals surface area contributed by atoms with Gasteiger partial charge in [0.05, 0.1) is 110 Å². The van der Waals surface area contributed by atoms with Crippen LogP contribution in [0.2, 0.25) is 0 Å². The highest BCUT2D eigenvalue weighted by molar-refractivity contribution is 6.14. The lowest BCUT2D eigenvalue weighted by atomic mass is 10.0. The minimum atomic E-state index is -0.698. The SMILES string of the molecule is O=CC1=CNC(c2ccccc2)(N2CC[N+]3(CCC[N+]4(CCNCC4)CC3)CC2)N=C1N1CC[N+]2(CCC[N+]3(CCNCC3)CC2)CC1.[Br-].[Br-].[Br-].[Br-]. The van der Waals surface area contributed by atoms with Crippen LogP contribution in [0.3, 0.4) is 0 Å². The number of hydrogen-bond acceptors (Lipinski definition) is 7. The van der Waals surface area contributed by atoms with Crippen LogP contribution in [-0.2, 0) is 10.6 Å². The molecule has 7 aliphatic rings. The molecule has 0 bridgehead atoms. The van der Waals surface area contributed by atoms with E-state index in [9.17, 15) is 4.79 Å². The van der Waals surface area contributed by atoms with Crippen molar-refractivity contribution in [3.8, 4) is 0 Å². The fourth-order valence-corrected chi connectivity index (χ4v) is 10.6. The molecule has 4 spiro atoms. The Labute approximate surface area is 354 Å². The minimum Gasteiger partial charge on any atom is -1.00 e. The van der Waals surface area contributed by atoms with E-state index in [1.165, 1.54) is 149 Å². The highest BCUT2D eigenvalue weighted by atomic mass is 79.9. The molecule has 11 nitrogen and oxygen atoms in total. The van der Waals surface area contributed by atoms with Crippen LogP contribution in [0.1, 0.15) is 18.4 Å². The predicted octanol–water partition coefficient (Wildman–Crippen LogP) is -12.2. The van der Waals surface area contributed by atoms with Gasteiger partial charge in [0, 0.05) is 50.8 Å². The molecular weight excluding hydrogens is 920 g/mol. The summed E-state index contributed by atoms with van der Waals surface area (Å²) in [4.78, 5) is 23.3. The normalized spacial score (nSPS) is 29.3. The third kappa shape index (κ3) is 8.90. The number of carbonyl (C=O) groups excluding carboxylic acids is 1. The summed E-state index contributed by atoms with van der Waals surface area (Å²) in [5, 5.41) is 10.9. The molecule has 0 saturated carbocycles. The second-order valence-corrected chi connectivity index (χ2v) is 16.5. The van der Waals surface area contributed by atoms with Crippen molar-refractivity contribution in [1.29, 1.82) is 0 Å². The van der Waals surface area contributed by atoms with Crippen LogP contribution in [-0.4, -0.2) is 197 Å². The maximum absolute atomic E-state index is 12.6. The number of piperazine rings is 4. The molecule has 3 N–H and O–H groups in total. The first-order valence-electron chi connectivity index (χ1n) is 19.4. The Morgan fingerprint density at radius 1 is 0.577 bits per heavy atom. The number of benzene rings is 1. The highest BCUT2D eigenvalue weighted by Crippen LogP contribution is 2.35. The maximum atomic E-state index is 12.6. The number of hydrogen-bond donors (Lipinski definition) is 3. The van der Waals surface area contributed by atoms with Crippen molar-refractivity contribution in [2.24, 2.45) is 4.99 Å². The maximum Gasteiger partial charge on any atom is 0.216 e. The highest BCUT2D eigenvalue weighted by Gasteiger charge is 2.49. The first kappa shape index (κ1) is 44.3. The van der Waals surface area contributed by atoms with Crippen LogP contribution >= 0.6 is 0 Å². The third-order valence-electron chi connectivity index (χ3n) is 14.1. The van der Waals surface area contributed by atoms with E-state index in [0.29, 0.717) is 5.57 Å². The summed E-state index contributed by atoms with van der Waals surface area (Å²) < 4.78 is 5.14. The molecule has 1 unspecified atom stereocenters. The Balaban J connectivity index is 0.00000151. The van der Waals surface area contributed by atoms with Gasteiger partial charge in [-0.2, -0.15) is 0 Å². The molecule has 0 amide bonds. The topological polar surface area (TPSA) is 72.0 Å². The van der Waals surface area contributed by atoms with Gasteiger partial charge in [0.1, 0.15) is 32.0 Å². The lowest BCUT2D eigenvalue weighted by Crippen LogP contribution is -3.00. The van der Waals surface area contributed by atoms with Gasteiger partial charge < -0.3 is 107 Å². The van der Waals surface area contributed by atoms with E-state index in [4.69, 9.17) is 4.99 Å². The van der Waals surface area contributed by atoms with E-state index in [2.05, 4.69) is 56.1 Å². The Morgan fingerprint density at radius 2 is 1.02 bits per heavy atom. The van der Waals surface area contributed by atoms with Gasteiger partial charge in [0.2, 0.25) is 5.79 Å². The number of carbonyl (C=O) groups is 1. The van der Waals surface area contributed by atoms with Gasteiger partial charge >= 0.3 is 0 Å². The predicted molar refractivity (Wildman–Crippen MR) is 190 cm³/mol. The Morgan fingerprint density at radius 3 is 1.48 bits per heavy atom. The molecule has 0 aromatic heterocycles. The van der Waals surface area contributed by atoms with Gasteiger partial charge in [0.15, 0.2) is 6.29 Å². The number of amidine groups is 1. The molecule has 0 radical (unpaired) electrons. The summed E-state index contributed by atoms with van der Waals surface area (Å²) in [5.74, 6) is 0.192. The summed E-state index contributed by atoms with van der Waals surface area (Å²) in [6.07, 6.45) is 5.66. The number of halogens is 4. The lowest BCUT2D eigenvalue weighted by molar-refractivity contribution is -0.966. The van der Waals surface area contributed by atoms with Gasteiger partial charge in [-0.05, 0) is 0 Å². The molecule has 7 aliphatic heterocycles. The number of rotatable bonds is 3. The zero-order chi connectivity index (χ0) is 32.5. The van der Waals surface area contributed by atoms with E-state index in [1.807, 2.05) is 6.20 Å². The summed E-state index contributed by atoms with van der Waals surface area (Å²) >= 11 is 0. The van der Waals surface area contributed by atoms with Crippen LogP contribution < -0.4 is 83.9 Å². The molecule has 1 aromatic carbocycles. The van der Waals surface area contributed by atoms with Crippen molar-refractivity contribution in [3.63, 3.8) is 0 Å². The van der Waals surface area contributed by atoms with E-state index < -0.39 is 5.79 Å². The van der Waals surface area contributed by atoms with Crippen molar-refractivity contribution in [1.82, 2.24) is 25.8 Å². The van der Waals surface area contributed by atoms with Crippen LogP contribution in [0.25, 0.3) is 0 Å². The van der Waals surface area contributed by atoms with Gasteiger partial charge in [-0.1, -0.05) is 30.3 Å². The minimum absolute atomic E-state index is 0. The summed E-state index contributed by atoms with van der Waals surface area (Å²) in [6.45, 7) is 28.9. The Bertz CT molecular complexity index is 1360. The molecule has 52 heavy (non-hydrogen) atoms.